The van der Waals surface area contributed by atoms with Gasteiger partial charge in [-0.2, -0.15) is 0 Å². The quantitative estimate of drug-likeness (QED) is 0.295. The van der Waals surface area contributed by atoms with Gasteiger partial charge in [-0.1, -0.05) is 11.6 Å². The van der Waals surface area contributed by atoms with Crippen LogP contribution in [0, 0.1) is 6.92 Å². The van der Waals surface area contributed by atoms with Crippen LogP contribution in [0.1, 0.15) is 43.3 Å². The van der Waals surface area contributed by atoms with Gasteiger partial charge in [-0.25, -0.2) is 15.0 Å². The van der Waals surface area contributed by atoms with E-state index in [1.165, 1.54) is 6.92 Å². The number of fused-ring (bicyclic) bond motifs is 1. The fraction of sp³-hybridized carbons (Fsp3) is 0.379. The summed E-state index contributed by atoms with van der Waals surface area (Å²) in [7, 11) is 1.76. The Morgan fingerprint density at radius 2 is 1.95 bits per heavy atom. The number of benzene rings is 1. The Kier molecular flexibility index (Phi) is 9.24. The molecule has 0 spiro atoms. The van der Waals surface area contributed by atoms with Crippen molar-refractivity contribution in [3.63, 3.8) is 0 Å². The van der Waals surface area contributed by atoms with Gasteiger partial charge in [0, 0.05) is 36.0 Å². The third-order valence-corrected chi connectivity index (χ3v) is 6.83. The van der Waals surface area contributed by atoms with Gasteiger partial charge in [0.25, 0.3) is 0 Å². The first-order chi connectivity index (χ1) is 19.1. The molecule has 3 heterocycles. The van der Waals surface area contributed by atoms with E-state index in [9.17, 15) is 9.90 Å². The second-order valence-electron chi connectivity index (χ2n) is 9.67. The first-order valence-electron chi connectivity index (χ1n) is 13.1. The number of pyridine rings is 1. The highest BCUT2D eigenvalue weighted by Crippen LogP contribution is 2.37. The van der Waals surface area contributed by atoms with Crippen molar-refractivity contribution in [1.29, 1.82) is 0 Å². The van der Waals surface area contributed by atoms with Crippen molar-refractivity contribution in [1.82, 2.24) is 20.3 Å². The Bertz CT molecular complexity index is 1440. The van der Waals surface area contributed by atoms with Gasteiger partial charge in [-0.15, -0.1) is 0 Å². The molecule has 10 nitrogen and oxygen atoms in total. The topological polar surface area (TPSA) is 136 Å². The molecule has 0 radical (unpaired) electrons. The highest BCUT2D eigenvalue weighted by Gasteiger charge is 2.28. The number of ether oxygens (including phenoxy) is 2. The zero-order chi connectivity index (χ0) is 29.0. The summed E-state index contributed by atoms with van der Waals surface area (Å²) in [5.41, 5.74) is 10.5. The number of Topliss-reactive ketones (excluding diaryl/α,β-unsaturated/α-hetero) is 1. The number of carbonyl (C=O) groups is 1. The number of allylic oxidation sites excluding steroid dienone is 2. The molecular formula is C29H35ClN6O4. The number of likely N-dealkylation sites (N-methyl/N-ethyl adjacent to an activating group) is 1. The van der Waals surface area contributed by atoms with E-state index < -0.39 is 6.10 Å². The summed E-state index contributed by atoms with van der Waals surface area (Å²) >= 11 is 6.64. The monoisotopic (exact) mass is 566 g/mol. The number of hydrogen-bond acceptors (Lipinski definition) is 10. The normalized spacial score (nSPS) is 14.0. The molecule has 0 amide bonds. The summed E-state index contributed by atoms with van der Waals surface area (Å²) in [4.78, 5) is 29.2. The molecule has 2 aromatic heterocycles. The maximum atomic E-state index is 12.7. The lowest BCUT2D eigenvalue weighted by molar-refractivity contribution is -0.111. The molecule has 0 unspecified atom stereocenters. The van der Waals surface area contributed by atoms with E-state index in [0.29, 0.717) is 77.1 Å². The zero-order valence-electron chi connectivity index (χ0n) is 23.4. The summed E-state index contributed by atoms with van der Waals surface area (Å²) in [5, 5.41) is 13.4. The number of anilines is 1. The smallest absolute Gasteiger partial charge is 0.213 e. The second kappa shape index (κ2) is 12.6. The third-order valence-electron chi connectivity index (χ3n) is 6.50. The number of ketones is 1. The number of hydrogen-bond donors (Lipinski definition) is 3. The molecule has 1 aromatic carbocycles. The van der Waals surface area contributed by atoms with Gasteiger partial charge in [0.1, 0.15) is 24.3 Å². The van der Waals surface area contributed by atoms with Crippen LogP contribution >= 0.6 is 11.6 Å². The number of halogens is 1. The van der Waals surface area contributed by atoms with Crippen molar-refractivity contribution < 1.29 is 19.4 Å². The van der Waals surface area contributed by atoms with Crippen LogP contribution in [-0.4, -0.2) is 58.8 Å². The van der Waals surface area contributed by atoms with E-state index in [4.69, 9.17) is 36.8 Å². The van der Waals surface area contributed by atoms with Crippen molar-refractivity contribution in [2.45, 2.75) is 46.9 Å². The van der Waals surface area contributed by atoms with Crippen molar-refractivity contribution in [2.75, 3.05) is 31.7 Å². The van der Waals surface area contributed by atoms with E-state index in [1.807, 2.05) is 26.0 Å². The highest BCUT2D eigenvalue weighted by atomic mass is 35.5. The molecule has 212 valence electrons. The molecule has 0 aliphatic carbocycles. The molecule has 1 atom stereocenters. The largest absolute Gasteiger partial charge is 0.491 e. The van der Waals surface area contributed by atoms with Crippen molar-refractivity contribution >= 4 is 28.8 Å². The van der Waals surface area contributed by atoms with Crippen molar-refractivity contribution in [3.05, 3.63) is 63.6 Å². The SMILES string of the molecule is CCOc1ccc2c(n1)CN(c1nc(-c3cc(OC[C@H](O)CNC)ccc3Cl)nc(C(C(C)=O)=C(C)N)c1C)C2. The van der Waals surface area contributed by atoms with Crippen molar-refractivity contribution in [2.24, 2.45) is 5.73 Å². The summed E-state index contributed by atoms with van der Waals surface area (Å²) in [6.07, 6.45) is -0.678. The van der Waals surface area contributed by atoms with Gasteiger partial charge in [-0.05, 0) is 64.6 Å². The molecule has 0 fully saturated rings. The predicted octanol–water partition coefficient (Wildman–Crippen LogP) is 3.66. The lowest BCUT2D eigenvalue weighted by Gasteiger charge is -2.22. The molecular weight excluding hydrogens is 532 g/mol. The number of aliphatic hydroxyl groups excluding tert-OH is 1. The maximum Gasteiger partial charge on any atom is 0.213 e. The van der Waals surface area contributed by atoms with Crippen LogP contribution in [0.5, 0.6) is 11.6 Å². The Hall–Kier alpha value is -3.73. The van der Waals surface area contributed by atoms with Crippen LogP contribution < -0.4 is 25.4 Å². The number of nitrogens with one attached hydrogen (secondary N) is 1. The number of rotatable bonds is 11. The fourth-order valence-electron chi connectivity index (χ4n) is 4.67. The van der Waals surface area contributed by atoms with Crippen LogP contribution in [0.15, 0.2) is 36.0 Å². The Morgan fingerprint density at radius 1 is 1.18 bits per heavy atom. The number of aliphatic hydroxyl groups is 1. The van der Waals surface area contributed by atoms with Gasteiger partial charge >= 0.3 is 0 Å². The zero-order valence-corrected chi connectivity index (χ0v) is 24.2. The van der Waals surface area contributed by atoms with Crippen LogP contribution in [0.2, 0.25) is 5.02 Å². The van der Waals surface area contributed by atoms with Gasteiger partial charge in [0.15, 0.2) is 11.6 Å². The number of nitrogens with two attached hydrogens (primary N) is 1. The van der Waals surface area contributed by atoms with E-state index in [1.54, 1.807) is 32.2 Å². The van der Waals surface area contributed by atoms with Gasteiger partial charge in [0.2, 0.25) is 5.88 Å². The molecule has 4 N–H and O–H groups in total. The molecule has 4 rings (SSSR count). The number of nitrogens with zero attached hydrogens (tertiary/aromatic N) is 4. The van der Waals surface area contributed by atoms with Crippen LogP contribution in [0.3, 0.4) is 0 Å². The lowest BCUT2D eigenvalue weighted by atomic mass is 10.0. The van der Waals surface area contributed by atoms with E-state index >= 15 is 0 Å². The molecule has 3 aromatic rings. The second-order valence-corrected chi connectivity index (χ2v) is 10.1. The maximum absolute atomic E-state index is 12.7. The average Bonchev–Trinajstić information content (AvgIpc) is 3.32. The van der Waals surface area contributed by atoms with E-state index in [0.717, 1.165) is 16.8 Å². The first kappa shape index (κ1) is 29.3. The molecule has 0 saturated heterocycles. The number of carbonyl (C=O) groups excluding carboxylic acids is 1. The van der Waals surface area contributed by atoms with Crippen LogP contribution in [0.4, 0.5) is 5.82 Å². The molecule has 0 saturated carbocycles. The van der Waals surface area contributed by atoms with Gasteiger partial charge in [-0.3, -0.25) is 4.79 Å². The third kappa shape index (κ3) is 6.35. The summed E-state index contributed by atoms with van der Waals surface area (Å²) < 4.78 is 11.4. The highest BCUT2D eigenvalue weighted by molar-refractivity contribution is 6.33. The average molecular weight is 567 g/mol. The standard InChI is InChI=1S/C29H35ClN6O4/c1-6-39-25-10-7-19-13-36(14-24(19)33-25)29-16(2)27(26(17(3)31)18(4)37)34-28(35-29)22-11-21(8-9-23(22)30)40-15-20(38)12-32-5/h7-11,20,32,38H,6,12-15,31H2,1-5H3/t20-/m1/s1. The summed E-state index contributed by atoms with van der Waals surface area (Å²) in [6, 6.07) is 9.02. The van der Waals surface area contributed by atoms with Crippen LogP contribution in [0.25, 0.3) is 17.0 Å². The van der Waals surface area contributed by atoms with E-state index in [2.05, 4.69) is 15.2 Å². The Labute approximate surface area is 239 Å². The summed E-state index contributed by atoms with van der Waals surface area (Å²) in [5.74, 6) is 1.84. The predicted molar refractivity (Wildman–Crippen MR) is 155 cm³/mol. The molecule has 1 aliphatic rings. The van der Waals surface area contributed by atoms with Gasteiger partial charge < -0.3 is 30.5 Å². The molecule has 11 heteroatoms. The van der Waals surface area contributed by atoms with Crippen LogP contribution in [-0.2, 0) is 17.9 Å². The fourth-order valence-corrected chi connectivity index (χ4v) is 4.87. The molecule has 40 heavy (non-hydrogen) atoms. The minimum atomic E-state index is -0.678. The Balaban J connectivity index is 1.80. The minimum absolute atomic E-state index is 0.0968. The lowest BCUT2D eigenvalue weighted by Crippen LogP contribution is -2.29. The molecule has 1 aliphatic heterocycles. The first-order valence-corrected chi connectivity index (χ1v) is 13.5. The van der Waals surface area contributed by atoms with Gasteiger partial charge in [0.05, 0.1) is 35.1 Å². The van der Waals surface area contributed by atoms with E-state index in [-0.39, 0.29) is 12.4 Å². The molecule has 0 bridgehead atoms. The van der Waals surface area contributed by atoms with Crippen molar-refractivity contribution in [3.8, 4) is 23.0 Å². The summed E-state index contributed by atoms with van der Waals surface area (Å²) in [6.45, 7) is 9.06. The Morgan fingerprint density at radius 3 is 2.62 bits per heavy atom. The minimum Gasteiger partial charge on any atom is -0.491 e. The number of aromatic nitrogens is 3.